The first-order chi connectivity index (χ1) is 9.83. The maximum atomic E-state index is 11.8. The SMILES string of the molecule is CC(C)(C)OC(=O)N[C@]1(C(=O)O)CC[C@H](OS(C)(=O)=O)CC1. The van der Waals surface area contributed by atoms with E-state index in [1.54, 1.807) is 20.8 Å². The summed E-state index contributed by atoms with van der Waals surface area (Å²) in [5.41, 5.74) is -2.19. The summed E-state index contributed by atoms with van der Waals surface area (Å²) in [4.78, 5) is 23.4. The van der Waals surface area contributed by atoms with Crippen molar-refractivity contribution in [2.45, 2.75) is 63.7 Å². The van der Waals surface area contributed by atoms with Crippen LogP contribution in [0.15, 0.2) is 0 Å². The second-order valence-corrected chi connectivity index (χ2v) is 8.11. The molecule has 0 radical (unpaired) electrons. The van der Waals surface area contributed by atoms with Gasteiger partial charge >= 0.3 is 12.1 Å². The Morgan fingerprint density at radius 1 is 1.23 bits per heavy atom. The van der Waals surface area contributed by atoms with Crippen LogP contribution >= 0.6 is 0 Å². The number of alkyl carbamates (subject to hydrolysis) is 1. The van der Waals surface area contributed by atoms with Crippen LogP contribution in [0.5, 0.6) is 0 Å². The topological polar surface area (TPSA) is 119 Å². The zero-order valence-corrected chi connectivity index (χ0v) is 14.0. The molecular weight excluding hydrogens is 314 g/mol. The molecule has 0 bridgehead atoms. The Balaban J connectivity index is 2.72. The number of rotatable bonds is 4. The van der Waals surface area contributed by atoms with E-state index in [0.717, 1.165) is 6.26 Å². The van der Waals surface area contributed by atoms with Crippen molar-refractivity contribution in [1.29, 1.82) is 0 Å². The van der Waals surface area contributed by atoms with E-state index in [2.05, 4.69) is 5.32 Å². The summed E-state index contributed by atoms with van der Waals surface area (Å²) in [7, 11) is -3.59. The Morgan fingerprint density at radius 3 is 2.09 bits per heavy atom. The molecular formula is C13H23NO7S. The molecule has 0 aromatic heterocycles. The van der Waals surface area contributed by atoms with Crippen molar-refractivity contribution < 1.29 is 32.0 Å². The van der Waals surface area contributed by atoms with Gasteiger partial charge < -0.3 is 15.2 Å². The van der Waals surface area contributed by atoms with Crippen molar-refractivity contribution in [2.75, 3.05) is 6.26 Å². The minimum atomic E-state index is -3.59. The Hall–Kier alpha value is -1.35. The number of carboxylic acid groups (broad SMARTS) is 1. The number of aliphatic carboxylic acids is 1. The number of hydrogen-bond acceptors (Lipinski definition) is 6. The maximum Gasteiger partial charge on any atom is 0.408 e. The first-order valence-corrected chi connectivity index (χ1v) is 8.77. The normalized spacial score (nSPS) is 26.3. The van der Waals surface area contributed by atoms with Gasteiger partial charge in [0.2, 0.25) is 0 Å². The van der Waals surface area contributed by atoms with Gasteiger partial charge in [-0.15, -0.1) is 0 Å². The van der Waals surface area contributed by atoms with E-state index in [-0.39, 0.29) is 25.7 Å². The van der Waals surface area contributed by atoms with Crippen LogP contribution in [0.1, 0.15) is 46.5 Å². The molecule has 1 fully saturated rings. The molecule has 0 atom stereocenters. The highest BCUT2D eigenvalue weighted by Gasteiger charge is 2.45. The molecule has 1 saturated carbocycles. The molecule has 0 aliphatic heterocycles. The first-order valence-electron chi connectivity index (χ1n) is 6.96. The van der Waals surface area contributed by atoms with E-state index in [1.165, 1.54) is 0 Å². The molecule has 0 spiro atoms. The smallest absolute Gasteiger partial charge is 0.408 e. The van der Waals surface area contributed by atoms with E-state index < -0.39 is 39.4 Å². The zero-order valence-electron chi connectivity index (χ0n) is 13.2. The quantitative estimate of drug-likeness (QED) is 0.741. The van der Waals surface area contributed by atoms with Gasteiger partial charge in [0.15, 0.2) is 0 Å². The average Bonchev–Trinajstić information content (AvgIpc) is 2.27. The highest BCUT2D eigenvalue weighted by atomic mass is 32.2. The number of hydrogen-bond donors (Lipinski definition) is 2. The lowest BCUT2D eigenvalue weighted by Crippen LogP contribution is -2.57. The Bertz CT molecular complexity index is 527. The molecule has 22 heavy (non-hydrogen) atoms. The number of carboxylic acids is 1. The minimum absolute atomic E-state index is 0.0712. The molecule has 1 aliphatic carbocycles. The molecule has 128 valence electrons. The van der Waals surface area contributed by atoms with Gasteiger partial charge in [-0.1, -0.05) is 0 Å². The number of ether oxygens (including phenoxy) is 1. The third-order valence-corrected chi connectivity index (χ3v) is 3.87. The predicted octanol–water partition coefficient (Wildman–Crippen LogP) is 1.25. The molecule has 9 heteroatoms. The molecule has 2 N–H and O–H groups in total. The summed E-state index contributed by atoms with van der Waals surface area (Å²) in [6.45, 7) is 5.03. The van der Waals surface area contributed by atoms with Crippen molar-refractivity contribution >= 4 is 22.2 Å². The second-order valence-electron chi connectivity index (χ2n) is 6.51. The van der Waals surface area contributed by atoms with E-state index in [0.29, 0.717) is 0 Å². The van der Waals surface area contributed by atoms with Gasteiger partial charge in [-0.25, -0.2) is 9.59 Å². The van der Waals surface area contributed by atoms with Crippen LogP contribution in [0.3, 0.4) is 0 Å². The van der Waals surface area contributed by atoms with Crippen molar-refractivity contribution in [3.05, 3.63) is 0 Å². The number of carbonyl (C=O) groups is 2. The van der Waals surface area contributed by atoms with Gasteiger partial charge in [-0.2, -0.15) is 8.42 Å². The van der Waals surface area contributed by atoms with Crippen molar-refractivity contribution in [1.82, 2.24) is 5.32 Å². The van der Waals surface area contributed by atoms with Gasteiger partial charge in [0, 0.05) is 0 Å². The Labute approximate surface area is 130 Å². The van der Waals surface area contributed by atoms with Crippen LogP contribution < -0.4 is 5.32 Å². The fraction of sp³-hybridized carbons (Fsp3) is 0.846. The molecule has 8 nitrogen and oxygen atoms in total. The van der Waals surface area contributed by atoms with Crippen molar-refractivity contribution in [3.63, 3.8) is 0 Å². The largest absolute Gasteiger partial charge is 0.480 e. The summed E-state index contributed by atoms with van der Waals surface area (Å²) < 4.78 is 32.2. The maximum absolute atomic E-state index is 11.8. The monoisotopic (exact) mass is 337 g/mol. The second kappa shape index (κ2) is 6.41. The molecule has 1 amide bonds. The Kier molecular flexibility index (Phi) is 5.45. The van der Waals surface area contributed by atoms with Crippen LogP contribution in [-0.4, -0.2) is 49.1 Å². The van der Waals surface area contributed by atoms with Gasteiger partial charge in [0.25, 0.3) is 10.1 Å². The van der Waals surface area contributed by atoms with E-state index in [4.69, 9.17) is 8.92 Å². The number of amides is 1. The summed E-state index contributed by atoms with van der Waals surface area (Å²) in [5, 5.41) is 11.8. The number of carbonyl (C=O) groups excluding carboxylic acids is 1. The molecule has 0 heterocycles. The third-order valence-electron chi connectivity index (χ3n) is 3.25. The lowest BCUT2D eigenvalue weighted by Gasteiger charge is -2.37. The van der Waals surface area contributed by atoms with Gasteiger partial charge in [0.1, 0.15) is 11.1 Å². The number of nitrogens with one attached hydrogen (secondary N) is 1. The van der Waals surface area contributed by atoms with E-state index in [9.17, 15) is 23.1 Å². The summed E-state index contributed by atoms with van der Waals surface area (Å²) in [6.07, 6.45) is 0.152. The zero-order chi connectivity index (χ0) is 17.2. The summed E-state index contributed by atoms with van der Waals surface area (Å²) in [5.74, 6) is -1.17. The third kappa shape index (κ3) is 5.80. The van der Waals surface area contributed by atoms with Gasteiger partial charge in [-0.05, 0) is 46.5 Å². The molecule has 0 aromatic carbocycles. The van der Waals surface area contributed by atoms with Crippen molar-refractivity contribution in [3.8, 4) is 0 Å². The van der Waals surface area contributed by atoms with Crippen LogP contribution in [0.2, 0.25) is 0 Å². The summed E-state index contributed by atoms with van der Waals surface area (Å²) in [6, 6.07) is 0. The van der Waals surface area contributed by atoms with Crippen LogP contribution in [0.4, 0.5) is 4.79 Å². The van der Waals surface area contributed by atoms with E-state index in [1.807, 2.05) is 0 Å². The predicted molar refractivity (Wildman–Crippen MR) is 77.9 cm³/mol. The fourth-order valence-electron chi connectivity index (χ4n) is 2.32. The molecule has 1 rings (SSSR count). The van der Waals surface area contributed by atoms with Gasteiger partial charge in [-0.3, -0.25) is 4.18 Å². The van der Waals surface area contributed by atoms with Crippen molar-refractivity contribution in [2.24, 2.45) is 0 Å². The lowest BCUT2D eigenvalue weighted by atomic mass is 9.80. The average molecular weight is 337 g/mol. The Morgan fingerprint density at radius 2 is 1.73 bits per heavy atom. The molecule has 0 aromatic rings. The van der Waals surface area contributed by atoms with E-state index >= 15 is 0 Å². The first kappa shape index (κ1) is 18.7. The fourth-order valence-corrected chi connectivity index (χ4v) is 3.01. The highest BCUT2D eigenvalue weighted by molar-refractivity contribution is 7.86. The van der Waals surface area contributed by atoms with Crippen LogP contribution in [0, 0.1) is 0 Å². The van der Waals surface area contributed by atoms with Crippen LogP contribution in [-0.2, 0) is 23.8 Å². The molecule has 0 saturated heterocycles. The molecule has 0 unspecified atom stereocenters. The standard InChI is InChI=1S/C13H23NO7S/c1-12(2,3)20-11(17)14-13(10(15)16)7-5-9(6-8-13)21-22(4,18)19/h9H,5-8H2,1-4H3,(H,14,17)(H,15,16)/t9-,13+. The van der Waals surface area contributed by atoms with Crippen LogP contribution in [0.25, 0.3) is 0 Å². The van der Waals surface area contributed by atoms with Gasteiger partial charge in [0.05, 0.1) is 12.4 Å². The summed E-state index contributed by atoms with van der Waals surface area (Å²) >= 11 is 0. The highest BCUT2D eigenvalue weighted by Crippen LogP contribution is 2.31. The molecule has 1 aliphatic rings. The minimum Gasteiger partial charge on any atom is -0.480 e. The lowest BCUT2D eigenvalue weighted by molar-refractivity contribution is -0.147.